The van der Waals surface area contributed by atoms with Crippen molar-refractivity contribution in [3.63, 3.8) is 0 Å². The van der Waals surface area contributed by atoms with Crippen LogP contribution in [0.15, 0.2) is 64.9 Å². The second-order valence-corrected chi connectivity index (χ2v) is 12.4. The summed E-state index contributed by atoms with van der Waals surface area (Å²) in [4.78, 5) is 13.9. The van der Waals surface area contributed by atoms with Crippen molar-refractivity contribution in [2.75, 3.05) is 46.9 Å². The zero-order valence-corrected chi connectivity index (χ0v) is 23.0. The van der Waals surface area contributed by atoms with Gasteiger partial charge in [0.2, 0.25) is 0 Å². The quantitative estimate of drug-likeness (QED) is 0.336. The molecule has 4 rings (SSSR count). The van der Waals surface area contributed by atoms with Gasteiger partial charge in [-0.1, -0.05) is 35.9 Å². The SMILES string of the molecule is COC(=O)c1ccc(CO[C@@H](CN2CCN(S(=O)(=O)c3ccc(Cl)s3)CC2)c2cccc(OC)c2)cc1. The first kappa shape index (κ1) is 27.6. The summed E-state index contributed by atoms with van der Waals surface area (Å²) < 4.78 is 44.7. The molecule has 0 spiro atoms. The summed E-state index contributed by atoms with van der Waals surface area (Å²) in [6.07, 6.45) is -0.269. The number of nitrogens with zero attached hydrogens (tertiary/aromatic N) is 2. The van der Waals surface area contributed by atoms with E-state index < -0.39 is 10.0 Å². The molecule has 2 heterocycles. The zero-order valence-electron chi connectivity index (χ0n) is 20.6. The number of carbonyl (C=O) groups is 1. The minimum absolute atomic E-state index is 0.266. The van der Waals surface area contributed by atoms with Gasteiger partial charge in [-0.25, -0.2) is 13.2 Å². The first-order valence-corrected chi connectivity index (χ1v) is 14.3. The Bertz CT molecular complexity index is 1300. The van der Waals surface area contributed by atoms with Gasteiger partial charge in [0.1, 0.15) is 9.96 Å². The maximum Gasteiger partial charge on any atom is 0.337 e. The number of methoxy groups -OCH3 is 2. The standard InChI is InChI=1S/C26H29ClN2O6S2/c1-33-22-5-3-4-21(16-22)23(35-18-19-6-8-20(9-7-19)26(30)34-2)17-28-12-14-29(15-13-28)37(31,32)25-11-10-24(27)36-25/h3-11,16,23H,12-15,17-18H2,1-2H3/t23-/m0/s1. The van der Waals surface area contributed by atoms with Gasteiger partial charge in [0.15, 0.2) is 0 Å². The van der Waals surface area contributed by atoms with Gasteiger partial charge in [-0.05, 0) is 47.5 Å². The van der Waals surface area contributed by atoms with E-state index in [2.05, 4.69) is 4.90 Å². The fraction of sp³-hybridized carbons (Fsp3) is 0.346. The molecule has 2 aromatic carbocycles. The number of esters is 1. The average molecular weight is 565 g/mol. The van der Waals surface area contributed by atoms with Crippen LogP contribution in [0.3, 0.4) is 0 Å². The van der Waals surface area contributed by atoms with Crippen LogP contribution < -0.4 is 4.74 Å². The number of rotatable bonds is 10. The summed E-state index contributed by atoms with van der Waals surface area (Å²) in [6.45, 7) is 2.87. The molecule has 1 aromatic heterocycles. The lowest BCUT2D eigenvalue weighted by atomic mass is 10.1. The molecule has 1 aliphatic rings. The number of hydrogen-bond acceptors (Lipinski definition) is 8. The van der Waals surface area contributed by atoms with Crippen molar-refractivity contribution >= 4 is 38.9 Å². The summed E-state index contributed by atoms with van der Waals surface area (Å²) in [5.74, 6) is 0.351. The van der Waals surface area contributed by atoms with Crippen molar-refractivity contribution in [2.24, 2.45) is 0 Å². The molecule has 0 aliphatic carbocycles. The number of thiophene rings is 1. The van der Waals surface area contributed by atoms with Gasteiger partial charge in [0.05, 0.1) is 36.8 Å². The van der Waals surface area contributed by atoms with E-state index >= 15 is 0 Å². The Morgan fingerprint density at radius 2 is 1.76 bits per heavy atom. The van der Waals surface area contributed by atoms with E-state index in [1.54, 1.807) is 31.4 Å². The lowest BCUT2D eigenvalue weighted by molar-refractivity contribution is 0.00762. The normalized spacial score (nSPS) is 15.9. The average Bonchev–Trinajstić information content (AvgIpc) is 3.38. The third-order valence-electron chi connectivity index (χ3n) is 6.19. The number of carbonyl (C=O) groups excluding carboxylic acids is 1. The maximum absolute atomic E-state index is 13.0. The van der Waals surface area contributed by atoms with Gasteiger partial charge in [0, 0.05) is 32.7 Å². The van der Waals surface area contributed by atoms with Crippen LogP contribution in [-0.4, -0.2) is 70.5 Å². The Morgan fingerprint density at radius 3 is 2.38 bits per heavy atom. The molecule has 198 valence electrons. The van der Waals surface area contributed by atoms with E-state index in [0.717, 1.165) is 28.2 Å². The molecule has 1 saturated heterocycles. The molecule has 1 fully saturated rings. The molecule has 1 atom stereocenters. The van der Waals surface area contributed by atoms with E-state index in [4.69, 9.17) is 25.8 Å². The second kappa shape index (κ2) is 12.4. The van der Waals surface area contributed by atoms with E-state index in [9.17, 15) is 13.2 Å². The smallest absolute Gasteiger partial charge is 0.337 e. The van der Waals surface area contributed by atoms with Crippen molar-refractivity contribution < 1.29 is 27.4 Å². The summed E-state index contributed by atoms with van der Waals surface area (Å²) in [6, 6.07) is 18.0. The van der Waals surface area contributed by atoms with Crippen molar-refractivity contribution in [3.8, 4) is 5.75 Å². The Hall–Kier alpha value is -2.47. The van der Waals surface area contributed by atoms with E-state index in [0.29, 0.717) is 49.2 Å². The van der Waals surface area contributed by atoms with Crippen LogP contribution in [0.1, 0.15) is 27.6 Å². The molecule has 37 heavy (non-hydrogen) atoms. The molecule has 0 amide bonds. The Balaban J connectivity index is 1.43. The monoisotopic (exact) mass is 564 g/mol. The first-order valence-electron chi connectivity index (χ1n) is 11.7. The van der Waals surface area contributed by atoms with Crippen LogP contribution in [0, 0.1) is 0 Å². The molecule has 0 N–H and O–H groups in total. The van der Waals surface area contributed by atoms with Crippen LogP contribution in [0.4, 0.5) is 0 Å². The maximum atomic E-state index is 13.0. The number of benzene rings is 2. The summed E-state index contributed by atoms with van der Waals surface area (Å²) in [7, 11) is -0.577. The lowest BCUT2D eigenvalue weighted by Gasteiger charge is -2.35. The first-order chi connectivity index (χ1) is 17.8. The predicted molar refractivity (Wildman–Crippen MR) is 143 cm³/mol. The van der Waals surface area contributed by atoms with Crippen LogP contribution in [0.5, 0.6) is 5.75 Å². The Kier molecular flexibility index (Phi) is 9.22. The molecular formula is C26H29ClN2O6S2. The van der Waals surface area contributed by atoms with Gasteiger partial charge in [-0.15, -0.1) is 11.3 Å². The molecule has 0 bridgehead atoms. The van der Waals surface area contributed by atoms with E-state index in [1.807, 2.05) is 36.4 Å². The highest BCUT2D eigenvalue weighted by Gasteiger charge is 2.30. The molecule has 0 saturated carbocycles. The summed E-state index contributed by atoms with van der Waals surface area (Å²) in [5, 5.41) is 0. The van der Waals surface area contributed by atoms with Gasteiger partial charge >= 0.3 is 5.97 Å². The topological polar surface area (TPSA) is 85.4 Å². The van der Waals surface area contributed by atoms with Crippen molar-refractivity contribution in [2.45, 2.75) is 16.9 Å². The highest BCUT2D eigenvalue weighted by Crippen LogP contribution is 2.29. The molecule has 1 aliphatic heterocycles. The number of ether oxygens (including phenoxy) is 3. The predicted octanol–water partition coefficient (Wildman–Crippen LogP) is 4.46. The van der Waals surface area contributed by atoms with Crippen molar-refractivity contribution in [1.82, 2.24) is 9.21 Å². The van der Waals surface area contributed by atoms with Gasteiger partial charge < -0.3 is 14.2 Å². The molecule has 0 radical (unpaired) electrons. The lowest BCUT2D eigenvalue weighted by Crippen LogP contribution is -2.49. The number of piperazine rings is 1. The number of hydrogen-bond donors (Lipinski definition) is 0. The van der Waals surface area contributed by atoms with Gasteiger partial charge in [0.25, 0.3) is 10.0 Å². The molecular weight excluding hydrogens is 536 g/mol. The molecule has 0 unspecified atom stereocenters. The molecule has 3 aromatic rings. The van der Waals surface area contributed by atoms with Crippen LogP contribution >= 0.6 is 22.9 Å². The zero-order chi connectivity index (χ0) is 26.4. The highest BCUT2D eigenvalue weighted by molar-refractivity contribution is 7.91. The molecule has 11 heteroatoms. The van der Waals surface area contributed by atoms with Crippen LogP contribution in [-0.2, 0) is 26.1 Å². The van der Waals surface area contributed by atoms with Crippen molar-refractivity contribution in [1.29, 1.82) is 0 Å². The minimum Gasteiger partial charge on any atom is -0.497 e. The van der Waals surface area contributed by atoms with Gasteiger partial charge in [-0.2, -0.15) is 4.31 Å². The fourth-order valence-electron chi connectivity index (χ4n) is 4.10. The fourth-order valence-corrected chi connectivity index (χ4v) is 7.16. The van der Waals surface area contributed by atoms with E-state index in [-0.39, 0.29) is 16.3 Å². The summed E-state index contributed by atoms with van der Waals surface area (Å²) >= 11 is 7.03. The van der Waals surface area contributed by atoms with Crippen molar-refractivity contribution in [3.05, 3.63) is 81.7 Å². The van der Waals surface area contributed by atoms with Gasteiger partial charge in [-0.3, -0.25) is 4.90 Å². The highest BCUT2D eigenvalue weighted by atomic mass is 35.5. The number of halogens is 1. The van der Waals surface area contributed by atoms with Crippen LogP contribution in [0.2, 0.25) is 4.34 Å². The minimum atomic E-state index is -3.55. The van der Waals surface area contributed by atoms with Crippen LogP contribution in [0.25, 0.3) is 0 Å². The second-order valence-electron chi connectivity index (χ2n) is 8.53. The number of sulfonamides is 1. The summed E-state index contributed by atoms with van der Waals surface area (Å²) in [5.41, 5.74) is 2.37. The Labute approximate surface area is 226 Å². The largest absolute Gasteiger partial charge is 0.497 e. The third kappa shape index (κ3) is 6.90. The Morgan fingerprint density at radius 1 is 1.03 bits per heavy atom. The molecule has 8 nitrogen and oxygen atoms in total. The third-order valence-corrected chi connectivity index (χ3v) is 9.79. The van der Waals surface area contributed by atoms with E-state index in [1.165, 1.54) is 11.4 Å².